The number of hydrogen-bond donors (Lipinski definition) is 0. The Kier molecular flexibility index (Phi) is 2.67. The monoisotopic (exact) mass is 267 g/mol. The molecule has 2 aromatic rings. The van der Waals surface area contributed by atoms with Crippen LogP contribution in [0.2, 0.25) is 0 Å². The van der Waals surface area contributed by atoms with E-state index in [0.29, 0.717) is 0 Å². The van der Waals surface area contributed by atoms with Crippen LogP contribution in [-0.4, -0.2) is 18.0 Å². The zero-order valence-electron chi connectivity index (χ0n) is 11.5. The third-order valence-corrected chi connectivity index (χ3v) is 4.82. The fraction of sp³-hybridized carbons (Fsp3) is 0.333. The van der Waals surface area contributed by atoms with Gasteiger partial charge in [0.05, 0.1) is 0 Å². The average molecular weight is 267 g/mol. The van der Waals surface area contributed by atoms with Crippen LogP contribution in [0.4, 0.5) is 4.39 Å². The van der Waals surface area contributed by atoms with E-state index in [1.807, 2.05) is 6.07 Å². The first-order chi connectivity index (χ1) is 9.75. The second-order valence-electron chi connectivity index (χ2n) is 6.21. The Morgan fingerprint density at radius 2 is 1.85 bits per heavy atom. The molecule has 1 heterocycles. The largest absolute Gasteiger partial charge is 0.297 e. The number of fused-ring (bicyclic) bond motifs is 2. The molecule has 0 aromatic heterocycles. The van der Waals surface area contributed by atoms with Crippen LogP contribution in [0.15, 0.2) is 48.5 Å². The van der Waals surface area contributed by atoms with E-state index in [1.54, 1.807) is 12.1 Å². The molecule has 0 unspecified atom stereocenters. The molecule has 2 aliphatic rings. The topological polar surface area (TPSA) is 3.24 Å². The van der Waals surface area contributed by atoms with Gasteiger partial charge >= 0.3 is 0 Å². The molecule has 1 nitrogen and oxygen atoms in total. The summed E-state index contributed by atoms with van der Waals surface area (Å²) >= 11 is 0. The highest BCUT2D eigenvalue weighted by atomic mass is 19.1. The predicted octanol–water partition coefficient (Wildman–Crippen LogP) is 3.53. The van der Waals surface area contributed by atoms with Gasteiger partial charge in [0.1, 0.15) is 5.82 Å². The zero-order chi connectivity index (χ0) is 13.6. The molecule has 0 N–H and O–H groups in total. The van der Waals surface area contributed by atoms with E-state index in [0.717, 1.165) is 26.1 Å². The molecular formula is C18H18FN. The molecular weight excluding hydrogens is 249 g/mol. The van der Waals surface area contributed by atoms with Crippen LogP contribution in [-0.2, 0) is 18.4 Å². The molecule has 1 aliphatic carbocycles. The van der Waals surface area contributed by atoms with Gasteiger partial charge < -0.3 is 0 Å². The maximum absolute atomic E-state index is 13.5. The van der Waals surface area contributed by atoms with Gasteiger partial charge in [0.25, 0.3) is 0 Å². The van der Waals surface area contributed by atoms with Crippen molar-refractivity contribution >= 4 is 0 Å². The minimum absolute atomic E-state index is 0.0912. The van der Waals surface area contributed by atoms with Crippen LogP contribution < -0.4 is 0 Å². The summed E-state index contributed by atoms with van der Waals surface area (Å²) in [5, 5.41) is 0. The number of rotatable bonds is 2. The maximum atomic E-state index is 13.5. The summed E-state index contributed by atoms with van der Waals surface area (Å²) in [6, 6.07) is 15.9. The summed E-state index contributed by atoms with van der Waals surface area (Å²) in [5.74, 6) is -0.0912. The highest BCUT2D eigenvalue weighted by Gasteiger charge is 2.47. The average Bonchev–Trinajstić information content (AvgIpc) is 2.79. The molecule has 1 spiro atoms. The Balaban J connectivity index is 1.51. The lowest BCUT2D eigenvalue weighted by Crippen LogP contribution is -2.57. The molecule has 1 saturated heterocycles. The van der Waals surface area contributed by atoms with Crippen LogP contribution in [0.5, 0.6) is 0 Å². The van der Waals surface area contributed by atoms with E-state index < -0.39 is 0 Å². The van der Waals surface area contributed by atoms with Crippen LogP contribution in [0.25, 0.3) is 0 Å². The molecule has 2 heteroatoms. The van der Waals surface area contributed by atoms with Crippen LogP contribution in [0.3, 0.4) is 0 Å². The summed E-state index contributed by atoms with van der Waals surface area (Å²) in [6.45, 7) is 3.14. The van der Waals surface area contributed by atoms with Crippen molar-refractivity contribution in [3.8, 4) is 0 Å². The smallest absolute Gasteiger partial charge is 0.123 e. The van der Waals surface area contributed by atoms with Crippen molar-refractivity contribution < 1.29 is 4.39 Å². The molecule has 0 radical (unpaired) electrons. The fourth-order valence-corrected chi connectivity index (χ4v) is 3.86. The van der Waals surface area contributed by atoms with Crippen LogP contribution >= 0.6 is 0 Å². The Hall–Kier alpha value is -1.67. The Bertz CT molecular complexity index is 629. The molecule has 2 aromatic carbocycles. The number of hydrogen-bond acceptors (Lipinski definition) is 1. The lowest BCUT2D eigenvalue weighted by atomic mass is 9.74. The minimum Gasteiger partial charge on any atom is -0.297 e. The van der Waals surface area contributed by atoms with Crippen molar-refractivity contribution in [2.75, 3.05) is 13.1 Å². The molecule has 20 heavy (non-hydrogen) atoms. The highest BCUT2D eigenvalue weighted by molar-refractivity contribution is 5.42. The second-order valence-corrected chi connectivity index (χ2v) is 6.21. The molecule has 4 rings (SSSR count). The highest BCUT2D eigenvalue weighted by Crippen LogP contribution is 2.46. The van der Waals surface area contributed by atoms with Gasteiger partial charge in [-0.25, -0.2) is 4.39 Å². The zero-order valence-corrected chi connectivity index (χ0v) is 11.5. The van der Waals surface area contributed by atoms with Crippen LogP contribution in [0.1, 0.15) is 23.1 Å². The molecule has 0 bridgehead atoms. The Morgan fingerprint density at radius 1 is 1.05 bits per heavy atom. The summed E-state index contributed by atoms with van der Waals surface area (Å²) in [6.07, 6.45) is 2.28. The second kappa shape index (κ2) is 4.42. The van der Waals surface area contributed by atoms with Gasteiger partial charge in [-0.15, -0.1) is 0 Å². The lowest BCUT2D eigenvalue weighted by molar-refractivity contribution is 0.0581. The lowest BCUT2D eigenvalue weighted by Gasteiger charge is -2.49. The molecule has 1 fully saturated rings. The molecule has 1 aliphatic heterocycles. The van der Waals surface area contributed by atoms with Crippen molar-refractivity contribution in [2.24, 2.45) is 0 Å². The molecule has 0 amide bonds. The number of aryl methyl sites for hydroxylation is 1. The Labute approximate surface area is 119 Å². The SMILES string of the molecule is Fc1ccc2c(c1)C1(CC2)CN(Cc2ccccc2)C1. The van der Waals surface area contributed by atoms with Crippen molar-refractivity contribution in [2.45, 2.75) is 24.8 Å². The molecule has 0 atom stereocenters. The third kappa shape index (κ3) is 1.87. The number of halogens is 1. The Morgan fingerprint density at radius 3 is 2.65 bits per heavy atom. The van der Waals surface area contributed by atoms with Gasteiger partial charge in [0.15, 0.2) is 0 Å². The van der Waals surface area contributed by atoms with Crippen molar-refractivity contribution in [1.82, 2.24) is 4.90 Å². The van der Waals surface area contributed by atoms with Crippen LogP contribution in [0, 0.1) is 5.82 Å². The standard InChI is InChI=1S/C18H18FN/c19-16-7-6-15-8-9-18(17(15)10-16)12-20(13-18)11-14-4-2-1-3-5-14/h1-7,10H,8-9,11-13H2. The van der Waals surface area contributed by atoms with Gasteiger partial charge in [-0.2, -0.15) is 0 Å². The van der Waals surface area contributed by atoms with E-state index in [9.17, 15) is 4.39 Å². The van der Waals surface area contributed by atoms with E-state index >= 15 is 0 Å². The fourth-order valence-electron chi connectivity index (χ4n) is 3.86. The summed E-state index contributed by atoms with van der Waals surface area (Å²) in [5.41, 5.74) is 4.21. The van der Waals surface area contributed by atoms with Crippen molar-refractivity contribution in [1.29, 1.82) is 0 Å². The number of likely N-dealkylation sites (tertiary alicyclic amines) is 1. The summed E-state index contributed by atoms with van der Waals surface area (Å²) < 4.78 is 13.5. The number of nitrogens with zero attached hydrogens (tertiary/aromatic N) is 1. The third-order valence-electron chi connectivity index (χ3n) is 4.82. The van der Waals surface area contributed by atoms with Gasteiger partial charge in [-0.1, -0.05) is 36.4 Å². The minimum atomic E-state index is -0.0912. The summed E-state index contributed by atoms with van der Waals surface area (Å²) in [4.78, 5) is 2.47. The van der Waals surface area contributed by atoms with E-state index in [1.165, 1.54) is 23.1 Å². The first kappa shape index (κ1) is 12.1. The van der Waals surface area contributed by atoms with E-state index in [-0.39, 0.29) is 11.2 Å². The molecule has 102 valence electrons. The predicted molar refractivity (Wildman–Crippen MR) is 78.1 cm³/mol. The van der Waals surface area contributed by atoms with Gasteiger partial charge in [-0.05, 0) is 41.7 Å². The molecule has 0 saturated carbocycles. The van der Waals surface area contributed by atoms with Crippen molar-refractivity contribution in [3.05, 3.63) is 71.0 Å². The summed E-state index contributed by atoms with van der Waals surface area (Å²) in [7, 11) is 0. The van der Waals surface area contributed by atoms with Crippen molar-refractivity contribution in [3.63, 3.8) is 0 Å². The van der Waals surface area contributed by atoms with Gasteiger partial charge in [0, 0.05) is 25.0 Å². The first-order valence-corrected chi connectivity index (χ1v) is 7.30. The first-order valence-electron chi connectivity index (χ1n) is 7.30. The normalized spacial score (nSPS) is 19.9. The van der Waals surface area contributed by atoms with Gasteiger partial charge in [-0.3, -0.25) is 4.90 Å². The maximum Gasteiger partial charge on any atom is 0.123 e. The quantitative estimate of drug-likeness (QED) is 0.804. The van der Waals surface area contributed by atoms with E-state index in [2.05, 4.69) is 35.2 Å². The van der Waals surface area contributed by atoms with Gasteiger partial charge in [0.2, 0.25) is 0 Å². The number of benzene rings is 2. The van der Waals surface area contributed by atoms with E-state index in [4.69, 9.17) is 0 Å².